The van der Waals surface area contributed by atoms with Gasteiger partial charge >= 0.3 is 0 Å². The van der Waals surface area contributed by atoms with Crippen molar-refractivity contribution in [1.82, 2.24) is 4.98 Å². The van der Waals surface area contributed by atoms with Crippen LogP contribution in [0.4, 0.5) is 0 Å². The Morgan fingerprint density at radius 1 is 1.45 bits per heavy atom. The molecule has 3 rings (SSSR count). The topological polar surface area (TPSA) is 71.6 Å². The van der Waals surface area contributed by atoms with Crippen molar-refractivity contribution >= 4 is 10.9 Å². The fraction of sp³-hybridized carbons (Fsp3) is 0.400. The van der Waals surface area contributed by atoms with Crippen LogP contribution in [0.25, 0.3) is 10.9 Å². The van der Waals surface area contributed by atoms with Crippen molar-refractivity contribution in [2.75, 3.05) is 7.11 Å². The highest BCUT2D eigenvalue weighted by molar-refractivity contribution is 5.90. The summed E-state index contributed by atoms with van der Waals surface area (Å²) in [4.78, 5) is 15.0. The smallest absolute Gasteiger partial charge is 0.255 e. The van der Waals surface area contributed by atoms with Crippen LogP contribution in [0.1, 0.15) is 19.4 Å². The number of benzene rings is 1. The molecule has 2 heterocycles. The molecule has 1 aromatic carbocycles. The van der Waals surface area contributed by atoms with Gasteiger partial charge in [-0.2, -0.15) is 0 Å². The summed E-state index contributed by atoms with van der Waals surface area (Å²) in [6.45, 7) is 3.63. The number of pyridine rings is 1. The van der Waals surface area contributed by atoms with Crippen LogP contribution in [0.5, 0.6) is 11.5 Å². The number of ether oxygens (including phenoxy) is 2. The Morgan fingerprint density at radius 2 is 2.20 bits per heavy atom. The molecule has 0 saturated carbocycles. The van der Waals surface area contributed by atoms with E-state index in [0.29, 0.717) is 22.6 Å². The average Bonchev–Trinajstić information content (AvgIpc) is 2.40. The molecule has 0 saturated heterocycles. The molecular weight excluding hydrogens is 258 g/mol. The minimum Gasteiger partial charge on any atom is -0.495 e. The zero-order valence-electron chi connectivity index (χ0n) is 11.7. The molecule has 0 spiro atoms. The summed E-state index contributed by atoms with van der Waals surface area (Å²) in [5.41, 5.74) is 0.131. The number of aromatic nitrogens is 1. The van der Waals surface area contributed by atoms with Crippen LogP contribution in [-0.2, 0) is 6.42 Å². The Labute approximate surface area is 116 Å². The molecule has 20 heavy (non-hydrogen) atoms. The number of fused-ring (bicyclic) bond motifs is 3. The minimum atomic E-state index is -0.725. The molecule has 5 nitrogen and oxygen atoms in total. The fourth-order valence-electron chi connectivity index (χ4n) is 2.55. The largest absolute Gasteiger partial charge is 0.495 e. The van der Waals surface area contributed by atoms with Gasteiger partial charge < -0.3 is 19.6 Å². The molecule has 0 bridgehead atoms. The SMILES string of the molecule is COc1cccc2c3c(c(=O)[nH]c12)C[C@H](O)C(C)(C)O3. The first-order valence-corrected chi connectivity index (χ1v) is 6.53. The van der Waals surface area contributed by atoms with Gasteiger partial charge in [-0.15, -0.1) is 0 Å². The van der Waals surface area contributed by atoms with E-state index < -0.39 is 11.7 Å². The number of aliphatic hydroxyl groups excluding tert-OH is 1. The first kappa shape index (κ1) is 13.0. The lowest BCUT2D eigenvalue weighted by molar-refractivity contribution is -0.0404. The van der Waals surface area contributed by atoms with E-state index in [1.807, 2.05) is 26.0 Å². The highest BCUT2D eigenvalue weighted by Crippen LogP contribution is 2.38. The summed E-state index contributed by atoms with van der Waals surface area (Å²) in [7, 11) is 1.56. The number of hydrogen-bond acceptors (Lipinski definition) is 4. The fourth-order valence-corrected chi connectivity index (χ4v) is 2.55. The van der Waals surface area contributed by atoms with Gasteiger partial charge in [0.25, 0.3) is 5.56 Å². The summed E-state index contributed by atoms with van der Waals surface area (Å²) < 4.78 is 11.2. The van der Waals surface area contributed by atoms with E-state index in [1.165, 1.54) is 0 Å². The van der Waals surface area contributed by atoms with E-state index in [4.69, 9.17) is 9.47 Å². The standard InChI is InChI=1S/C15H17NO4/c1-15(2)11(17)7-9-13(20-15)8-5-4-6-10(19-3)12(8)16-14(9)18/h4-6,11,17H,7H2,1-3H3,(H,16,18)/t11-/m0/s1. The maximum atomic E-state index is 12.2. The van der Waals surface area contributed by atoms with Crippen LogP contribution >= 0.6 is 0 Å². The van der Waals surface area contributed by atoms with E-state index in [9.17, 15) is 9.90 Å². The molecule has 1 aromatic heterocycles. The normalized spacial score (nSPS) is 20.3. The second-order valence-corrected chi connectivity index (χ2v) is 5.57. The van der Waals surface area contributed by atoms with Gasteiger partial charge in [-0.3, -0.25) is 4.79 Å². The average molecular weight is 275 g/mol. The zero-order chi connectivity index (χ0) is 14.5. The van der Waals surface area contributed by atoms with Crippen molar-refractivity contribution in [3.63, 3.8) is 0 Å². The number of methoxy groups -OCH3 is 1. The molecule has 1 aliphatic rings. The molecule has 1 atom stereocenters. The second kappa shape index (κ2) is 4.24. The number of para-hydroxylation sites is 1. The molecule has 106 valence electrons. The van der Waals surface area contributed by atoms with Crippen LogP contribution < -0.4 is 15.0 Å². The number of aliphatic hydroxyl groups is 1. The van der Waals surface area contributed by atoms with Gasteiger partial charge in [-0.05, 0) is 26.0 Å². The van der Waals surface area contributed by atoms with Crippen LogP contribution in [0.3, 0.4) is 0 Å². The highest BCUT2D eigenvalue weighted by Gasteiger charge is 2.38. The van der Waals surface area contributed by atoms with Gasteiger partial charge in [0.2, 0.25) is 0 Å². The van der Waals surface area contributed by atoms with Gasteiger partial charge in [0.15, 0.2) is 0 Å². The van der Waals surface area contributed by atoms with Crippen LogP contribution in [0.15, 0.2) is 23.0 Å². The molecule has 0 radical (unpaired) electrons. The molecule has 0 unspecified atom stereocenters. The van der Waals surface area contributed by atoms with Crippen molar-refractivity contribution in [2.45, 2.75) is 32.0 Å². The number of aromatic amines is 1. The number of nitrogens with one attached hydrogen (secondary N) is 1. The lowest BCUT2D eigenvalue weighted by Crippen LogP contribution is -2.47. The van der Waals surface area contributed by atoms with Crippen LogP contribution in [-0.4, -0.2) is 28.9 Å². The number of hydrogen-bond donors (Lipinski definition) is 2. The van der Waals surface area contributed by atoms with Crippen molar-refractivity contribution in [1.29, 1.82) is 0 Å². The van der Waals surface area contributed by atoms with Gasteiger partial charge in [-0.25, -0.2) is 0 Å². The Balaban J connectivity index is 2.35. The predicted molar refractivity (Wildman–Crippen MR) is 75.5 cm³/mol. The van der Waals surface area contributed by atoms with Crippen molar-refractivity contribution in [3.05, 3.63) is 34.1 Å². The molecule has 1 aliphatic heterocycles. The summed E-state index contributed by atoms with van der Waals surface area (Å²) in [5, 5.41) is 10.9. The van der Waals surface area contributed by atoms with E-state index in [0.717, 1.165) is 5.39 Å². The third-order valence-corrected chi connectivity index (χ3v) is 3.84. The molecule has 2 N–H and O–H groups in total. The van der Waals surface area contributed by atoms with E-state index in [2.05, 4.69) is 4.98 Å². The highest BCUT2D eigenvalue weighted by atomic mass is 16.5. The van der Waals surface area contributed by atoms with Crippen molar-refractivity contribution < 1.29 is 14.6 Å². The third-order valence-electron chi connectivity index (χ3n) is 3.84. The quantitative estimate of drug-likeness (QED) is 0.829. The Hall–Kier alpha value is -2.01. The summed E-state index contributed by atoms with van der Waals surface area (Å²) in [5.74, 6) is 1.13. The van der Waals surface area contributed by atoms with Crippen LogP contribution in [0.2, 0.25) is 0 Å². The first-order chi connectivity index (χ1) is 9.44. The Kier molecular flexibility index (Phi) is 2.76. The number of H-pyrrole nitrogens is 1. The van der Waals surface area contributed by atoms with Crippen LogP contribution in [0, 0.1) is 0 Å². The minimum absolute atomic E-state index is 0.244. The summed E-state index contributed by atoms with van der Waals surface area (Å²) in [6.07, 6.45) is -0.427. The van der Waals surface area contributed by atoms with E-state index in [-0.39, 0.29) is 12.0 Å². The van der Waals surface area contributed by atoms with Gasteiger partial charge in [0.05, 0.1) is 24.3 Å². The number of rotatable bonds is 1. The molecular formula is C15H17NO4. The molecule has 0 amide bonds. The monoisotopic (exact) mass is 275 g/mol. The Morgan fingerprint density at radius 3 is 2.90 bits per heavy atom. The van der Waals surface area contributed by atoms with E-state index >= 15 is 0 Å². The maximum Gasteiger partial charge on any atom is 0.255 e. The predicted octanol–water partition coefficient (Wildman–Crippen LogP) is 1.61. The maximum absolute atomic E-state index is 12.2. The Bertz CT molecular complexity index is 732. The van der Waals surface area contributed by atoms with Gasteiger partial charge in [0, 0.05) is 11.8 Å². The van der Waals surface area contributed by atoms with Crippen molar-refractivity contribution in [2.24, 2.45) is 0 Å². The lowest BCUT2D eigenvalue weighted by Gasteiger charge is -2.37. The molecule has 5 heteroatoms. The molecule has 0 aliphatic carbocycles. The van der Waals surface area contributed by atoms with Crippen molar-refractivity contribution in [3.8, 4) is 11.5 Å². The second-order valence-electron chi connectivity index (χ2n) is 5.57. The summed E-state index contributed by atoms with van der Waals surface area (Å²) >= 11 is 0. The lowest BCUT2D eigenvalue weighted by atomic mass is 9.91. The molecule has 0 fully saturated rings. The van der Waals surface area contributed by atoms with Gasteiger partial charge in [0.1, 0.15) is 17.1 Å². The molecule has 2 aromatic rings. The first-order valence-electron chi connectivity index (χ1n) is 6.53. The van der Waals surface area contributed by atoms with E-state index in [1.54, 1.807) is 13.2 Å². The third kappa shape index (κ3) is 1.78. The zero-order valence-corrected chi connectivity index (χ0v) is 11.7. The van der Waals surface area contributed by atoms with Gasteiger partial charge in [-0.1, -0.05) is 6.07 Å². The summed E-state index contributed by atoms with van der Waals surface area (Å²) in [6, 6.07) is 5.51.